The summed E-state index contributed by atoms with van der Waals surface area (Å²) in [5, 5.41) is 6.60. The van der Waals surface area contributed by atoms with Gasteiger partial charge in [-0.15, -0.1) is 0 Å². The Kier molecular flexibility index (Phi) is 3.76. The monoisotopic (exact) mass is 252 g/mol. The highest BCUT2D eigenvalue weighted by molar-refractivity contribution is 8.00. The van der Waals surface area contributed by atoms with Gasteiger partial charge in [0.25, 0.3) is 0 Å². The Morgan fingerprint density at radius 3 is 2.59 bits per heavy atom. The first-order chi connectivity index (χ1) is 8.24. The van der Waals surface area contributed by atoms with Gasteiger partial charge in [-0.25, -0.2) is 9.97 Å². The second-order valence-corrected chi connectivity index (χ2v) is 5.67. The molecule has 17 heavy (non-hydrogen) atoms. The minimum absolute atomic E-state index is 0.454. The zero-order chi connectivity index (χ0) is 12.3. The van der Waals surface area contributed by atoms with Crippen molar-refractivity contribution >= 4 is 23.4 Å². The van der Waals surface area contributed by atoms with Crippen molar-refractivity contribution in [1.29, 1.82) is 0 Å². The van der Waals surface area contributed by atoms with Gasteiger partial charge in [0.05, 0.1) is 0 Å². The largest absolute Gasteiger partial charge is 0.373 e. The lowest BCUT2D eigenvalue weighted by molar-refractivity contribution is 0.925. The van der Waals surface area contributed by atoms with E-state index in [4.69, 9.17) is 0 Å². The Balaban J connectivity index is 2.09. The Morgan fingerprint density at radius 2 is 2.06 bits per heavy atom. The molecule has 1 aromatic heterocycles. The fourth-order valence-electron chi connectivity index (χ4n) is 1.95. The smallest absolute Gasteiger partial charge is 0.134 e. The van der Waals surface area contributed by atoms with E-state index in [1.165, 1.54) is 18.4 Å². The molecule has 2 rings (SSSR count). The Hall–Kier alpha value is -0.970. The molecule has 0 amide bonds. The van der Waals surface area contributed by atoms with E-state index in [-0.39, 0.29) is 0 Å². The Bertz CT molecular complexity index is 390. The number of hydrogen-bond acceptors (Lipinski definition) is 5. The number of rotatable bonds is 6. The van der Waals surface area contributed by atoms with Gasteiger partial charge in [0, 0.05) is 23.9 Å². The molecule has 1 fully saturated rings. The van der Waals surface area contributed by atoms with E-state index in [0.717, 1.165) is 24.6 Å². The van der Waals surface area contributed by atoms with E-state index < -0.39 is 0 Å². The molecular weight excluding hydrogens is 232 g/mol. The van der Waals surface area contributed by atoms with Crippen molar-refractivity contribution in [1.82, 2.24) is 9.97 Å². The minimum Gasteiger partial charge on any atom is -0.373 e. The van der Waals surface area contributed by atoms with Crippen molar-refractivity contribution in [2.45, 2.75) is 30.9 Å². The summed E-state index contributed by atoms with van der Waals surface area (Å²) < 4.78 is 0.454. The lowest BCUT2D eigenvalue weighted by Gasteiger charge is -2.16. The summed E-state index contributed by atoms with van der Waals surface area (Å²) in [6.07, 6.45) is 7.37. The maximum atomic E-state index is 4.35. The second-order valence-electron chi connectivity index (χ2n) is 4.39. The lowest BCUT2D eigenvalue weighted by atomic mass is 10.2. The van der Waals surface area contributed by atoms with Gasteiger partial charge in [-0.1, -0.05) is 6.92 Å². The molecule has 5 heteroatoms. The molecule has 0 bridgehead atoms. The molecule has 1 saturated carbocycles. The molecule has 94 valence electrons. The molecule has 0 aliphatic heterocycles. The van der Waals surface area contributed by atoms with Crippen LogP contribution in [0, 0.1) is 0 Å². The average molecular weight is 252 g/mol. The van der Waals surface area contributed by atoms with Crippen molar-refractivity contribution in [3.05, 3.63) is 11.9 Å². The summed E-state index contributed by atoms with van der Waals surface area (Å²) in [6, 6.07) is 0. The number of hydrogen-bond donors (Lipinski definition) is 2. The predicted molar refractivity (Wildman–Crippen MR) is 74.9 cm³/mol. The molecule has 0 atom stereocenters. The van der Waals surface area contributed by atoms with Gasteiger partial charge in [0.15, 0.2) is 0 Å². The third kappa shape index (κ3) is 2.65. The highest BCUT2D eigenvalue weighted by atomic mass is 32.2. The molecule has 0 aromatic carbocycles. The van der Waals surface area contributed by atoms with Gasteiger partial charge < -0.3 is 10.6 Å². The summed E-state index contributed by atoms with van der Waals surface area (Å²) in [7, 11) is 1.90. The van der Waals surface area contributed by atoms with Crippen molar-refractivity contribution in [2.24, 2.45) is 0 Å². The van der Waals surface area contributed by atoms with Gasteiger partial charge in [-0.05, 0) is 25.5 Å². The maximum Gasteiger partial charge on any atom is 0.134 e. The van der Waals surface area contributed by atoms with Crippen LogP contribution in [0.15, 0.2) is 6.33 Å². The lowest BCUT2D eigenvalue weighted by Crippen LogP contribution is -2.19. The molecule has 1 aliphatic carbocycles. The van der Waals surface area contributed by atoms with Gasteiger partial charge in [-0.2, -0.15) is 11.8 Å². The van der Waals surface area contributed by atoms with Crippen LogP contribution in [0.1, 0.15) is 25.3 Å². The van der Waals surface area contributed by atoms with Crippen LogP contribution in [-0.2, 0) is 6.42 Å². The van der Waals surface area contributed by atoms with Gasteiger partial charge in [-0.3, -0.25) is 0 Å². The highest BCUT2D eigenvalue weighted by Crippen LogP contribution is 2.47. The van der Waals surface area contributed by atoms with Crippen molar-refractivity contribution in [2.75, 3.05) is 30.5 Å². The summed E-state index contributed by atoms with van der Waals surface area (Å²) >= 11 is 1.96. The first kappa shape index (κ1) is 12.5. The number of nitrogens with zero attached hydrogens (tertiary/aromatic N) is 2. The predicted octanol–water partition coefficient (Wildman–Crippen LogP) is 2.39. The molecule has 2 N–H and O–H groups in total. The van der Waals surface area contributed by atoms with E-state index in [1.807, 2.05) is 18.8 Å². The topological polar surface area (TPSA) is 49.8 Å². The van der Waals surface area contributed by atoms with E-state index in [1.54, 1.807) is 6.33 Å². The summed E-state index contributed by atoms with van der Waals surface area (Å²) in [5.41, 5.74) is 1.17. The van der Waals surface area contributed by atoms with E-state index >= 15 is 0 Å². The van der Waals surface area contributed by atoms with Crippen LogP contribution in [-0.4, -0.2) is 34.6 Å². The quantitative estimate of drug-likeness (QED) is 0.814. The zero-order valence-electron chi connectivity index (χ0n) is 10.7. The summed E-state index contributed by atoms with van der Waals surface area (Å²) in [4.78, 5) is 8.59. The third-order valence-electron chi connectivity index (χ3n) is 3.35. The van der Waals surface area contributed by atoms with Crippen molar-refractivity contribution < 1.29 is 0 Å². The summed E-state index contributed by atoms with van der Waals surface area (Å²) in [5.74, 6) is 1.91. The van der Waals surface area contributed by atoms with E-state index in [9.17, 15) is 0 Å². The highest BCUT2D eigenvalue weighted by Gasteiger charge is 2.41. The first-order valence-electron chi connectivity index (χ1n) is 6.05. The number of aromatic nitrogens is 2. The van der Waals surface area contributed by atoms with Crippen LogP contribution in [0.4, 0.5) is 11.6 Å². The number of nitrogens with one attached hydrogen (secondary N) is 2. The molecule has 4 nitrogen and oxygen atoms in total. The number of anilines is 2. The van der Waals surface area contributed by atoms with Gasteiger partial charge in [0.1, 0.15) is 18.0 Å². The normalized spacial score (nSPS) is 16.6. The van der Waals surface area contributed by atoms with Crippen LogP contribution in [0.5, 0.6) is 0 Å². The molecule has 1 heterocycles. The SMILES string of the molecule is CCc1c(NC)ncnc1NCC1(SC)CC1. The molecule has 1 aliphatic rings. The molecule has 0 radical (unpaired) electrons. The standard InChI is InChI=1S/C12H20N4S/c1-4-9-10(13-2)15-8-16-11(9)14-7-12(17-3)5-6-12/h8H,4-7H2,1-3H3,(H2,13,14,15,16). The average Bonchev–Trinajstić information content (AvgIpc) is 3.16. The minimum atomic E-state index is 0.454. The molecule has 0 spiro atoms. The van der Waals surface area contributed by atoms with Crippen molar-refractivity contribution in [3.63, 3.8) is 0 Å². The Morgan fingerprint density at radius 1 is 1.35 bits per heavy atom. The van der Waals surface area contributed by atoms with E-state index in [0.29, 0.717) is 4.75 Å². The van der Waals surface area contributed by atoms with E-state index in [2.05, 4.69) is 33.8 Å². The molecule has 0 saturated heterocycles. The molecular formula is C12H20N4S. The van der Waals surface area contributed by atoms with Crippen LogP contribution in [0.25, 0.3) is 0 Å². The first-order valence-corrected chi connectivity index (χ1v) is 7.28. The van der Waals surface area contributed by atoms with Crippen LogP contribution < -0.4 is 10.6 Å². The Labute approximate surface area is 107 Å². The fourth-order valence-corrected chi connectivity index (χ4v) is 2.68. The van der Waals surface area contributed by atoms with Gasteiger partial charge >= 0.3 is 0 Å². The summed E-state index contributed by atoms with van der Waals surface area (Å²) in [6.45, 7) is 3.13. The van der Waals surface area contributed by atoms with Crippen LogP contribution >= 0.6 is 11.8 Å². The van der Waals surface area contributed by atoms with Crippen molar-refractivity contribution in [3.8, 4) is 0 Å². The second kappa shape index (κ2) is 5.12. The maximum absolute atomic E-state index is 4.35. The molecule has 1 aromatic rings. The van der Waals surface area contributed by atoms with Crippen LogP contribution in [0.2, 0.25) is 0 Å². The number of thioether (sulfide) groups is 1. The van der Waals surface area contributed by atoms with Gasteiger partial charge in [0.2, 0.25) is 0 Å². The molecule has 0 unspecified atom stereocenters. The third-order valence-corrected chi connectivity index (χ3v) is 4.77. The zero-order valence-corrected chi connectivity index (χ0v) is 11.5. The fraction of sp³-hybridized carbons (Fsp3) is 0.667. The van der Waals surface area contributed by atoms with Crippen LogP contribution in [0.3, 0.4) is 0 Å².